The Morgan fingerprint density at radius 1 is 1.50 bits per heavy atom. The minimum Gasteiger partial charge on any atom is -0.745 e. The van der Waals surface area contributed by atoms with Crippen molar-refractivity contribution < 1.29 is 26.8 Å². The van der Waals surface area contributed by atoms with Gasteiger partial charge in [-0.1, -0.05) is 0 Å². The minimum atomic E-state index is -4.87. The van der Waals surface area contributed by atoms with E-state index >= 15 is 0 Å². The molecule has 0 aliphatic heterocycles. The Kier molecular flexibility index (Phi) is 2.37. The molecular formula is O6S2-2. The molecule has 1 unspecified atom stereocenters. The number of hydrogen-bond acceptors (Lipinski definition) is 6. The lowest BCUT2D eigenvalue weighted by atomic mass is 15.0. The van der Waals surface area contributed by atoms with E-state index in [-0.39, 0.29) is 0 Å². The van der Waals surface area contributed by atoms with Gasteiger partial charge in [0.2, 0.25) is 0 Å². The van der Waals surface area contributed by atoms with Crippen LogP contribution in [0.4, 0.5) is 0 Å². The third kappa shape index (κ3) is 1.76. The first-order valence-electron chi connectivity index (χ1n) is 1.17. The lowest BCUT2D eigenvalue weighted by Crippen LogP contribution is -2.14. The summed E-state index contributed by atoms with van der Waals surface area (Å²) < 4.78 is 40.1. The van der Waals surface area contributed by atoms with Crippen LogP contribution in [0.3, 0.4) is 0 Å². The predicted molar refractivity (Wildman–Crippen MR) is 18.9 cm³/mol. The molecule has 1 atom stereocenters. The molecule has 0 bridgehead atoms. The highest BCUT2D eigenvalue weighted by atomic mass is 32.9. The van der Waals surface area contributed by atoms with Gasteiger partial charge in [-0.3, -0.25) is 0 Å². The Balaban J connectivity index is 5.31. The second-order valence-electron chi connectivity index (χ2n) is 0.680. The summed E-state index contributed by atoms with van der Waals surface area (Å²) >= 11 is 0. The molecule has 8 heteroatoms. The maximum Gasteiger partial charge on any atom is 0.280 e. The van der Waals surface area contributed by atoms with Crippen LogP contribution in [-0.4, -0.2) is 17.2 Å². The Labute approximate surface area is 45.9 Å². The average molecular weight is 160 g/mol. The van der Waals surface area contributed by atoms with Crippen molar-refractivity contribution in [3.05, 3.63) is 0 Å². The molecule has 0 heterocycles. The fraction of sp³-hybridized carbons (Fsp3) is 0. The van der Waals surface area contributed by atoms with Crippen molar-refractivity contribution >= 4 is 18.3 Å². The van der Waals surface area contributed by atoms with Gasteiger partial charge in [-0.25, -0.2) is 4.21 Å². The Morgan fingerprint density at radius 3 is 1.88 bits per heavy atom. The van der Waals surface area contributed by atoms with Gasteiger partial charge >= 0.3 is 0 Å². The minimum absolute atomic E-state index is 2.31. The average Bonchev–Trinajstić information content (AvgIpc) is 1.67. The molecule has 0 saturated carbocycles. The van der Waals surface area contributed by atoms with E-state index in [4.69, 9.17) is 5.26 Å². The van der Waals surface area contributed by atoms with Gasteiger partial charge in [-0.2, -0.15) is 8.42 Å². The number of rotatable bonds is 1. The van der Waals surface area contributed by atoms with Gasteiger partial charge in [0.05, 0.1) is 0 Å². The number of hydrogen-bond donors (Lipinski definition) is 0. The maximum atomic E-state index is 9.55. The van der Waals surface area contributed by atoms with E-state index in [9.17, 15) is 17.2 Å². The van der Waals surface area contributed by atoms with E-state index in [1.54, 1.807) is 0 Å². The van der Waals surface area contributed by atoms with Gasteiger partial charge in [0.15, 0.2) is 0 Å². The summed E-state index contributed by atoms with van der Waals surface area (Å²) in [6, 6.07) is 0. The summed E-state index contributed by atoms with van der Waals surface area (Å²) in [6.45, 7) is 0. The van der Waals surface area contributed by atoms with Crippen LogP contribution >= 0.6 is 0 Å². The lowest BCUT2D eigenvalue weighted by molar-refractivity contribution is -0.635. The molecule has 0 aliphatic carbocycles. The zero-order valence-electron chi connectivity index (χ0n) is 3.27. The van der Waals surface area contributed by atoms with Gasteiger partial charge in [0.25, 0.3) is 9.26 Å². The van der Waals surface area contributed by atoms with Crippen LogP contribution in [0.25, 0.3) is 0 Å². The zero-order valence-corrected chi connectivity index (χ0v) is 4.90. The van der Waals surface area contributed by atoms with Crippen LogP contribution in [0.5, 0.6) is 0 Å². The van der Waals surface area contributed by atoms with E-state index in [2.05, 4.69) is 4.33 Å². The molecule has 0 saturated heterocycles. The van der Waals surface area contributed by atoms with Crippen molar-refractivity contribution in [1.82, 2.24) is 0 Å². The molecule has 0 aromatic carbocycles. The van der Waals surface area contributed by atoms with E-state index in [0.29, 0.717) is 0 Å². The van der Waals surface area contributed by atoms with Crippen molar-refractivity contribution in [2.45, 2.75) is 0 Å². The molecule has 0 fully saturated rings. The highest BCUT2D eigenvalue weighted by Gasteiger charge is 1.81. The largest absolute Gasteiger partial charge is 0.745 e. The van der Waals surface area contributed by atoms with Crippen LogP contribution in [0.1, 0.15) is 0 Å². The molecule has 0 spiro atoms. The van der Waals surface area contributed by atoms with E-state index < -0.39 is 18.3 Å². The molecule has 0 radical (unpaired) electrons. The molecule has 50 valence electrons. The first-order chi connectivity index (χ1) is 3.50. The van der Waals surface area contributed by atoms with Gasteiger partial charge in [-0.15, -0.1) is 0 Å². The van der Waals surface area contributed by atoms with Crippen molar-refractivity contribution in [3.8, 4) is 0 Å². The van der Waals surface area contributed by atoms with Crippen LogP contribution < -0.4 is 5.26 Å². The maximum absolute atomic E-state index is 9.55. The van der Waals surface area contributed by atoms with Crippen LogP contribution in [0.2, 0.25) is 0 Å². The first-order valence-corrected chi connectivity index (χ1v) is 4.17. The predicted octanol–water partition coefficient (Wildman–Crippen LogP) is -2.60. The van der Waals surface area contributed by atoms with Crippen molar-refractivity contribution in [2.75, 3.05) is 0 Å². The first kappa shape index (κ1) is 7.85. The SMILES string of the molecule is O=S(=O)=S(=O)([O-])O[O-]. The van der Waals surface area contributed by atoms with Crippen molar-refractivity contribution in [2.24, 2.45) is 0 Å². The highest BCUT2D eigenvalue weighted by molar-refractivity contribution is 8.32. The van der Waals surface area contributed by atoms with E-state index in [1.807, 2.05) is 0 Å². The van der Waals surface area contributed by atoms with Gasteiger partial charge in [0.1, 0.15) is 9.05 Å². The molecule has 0 amide bonds. The summed E-state index contributed by atoms with van der Waals surface area (Å²) in [5.41, 5.74) is 0. The van der Waals surface area contributed by atoms with E-state index in [1.165, 1.54) is 0 Å². The summed E-state index contributed by atoms with van der Waals surface area (Å²) in [5, 5.41) is 8.91. The van der Waals surface area contributed by atoms with Gasteiger partial charge in [0, 0.05) is 0 Å². The van der Waals surface area contributed by atoms with E-state index in [0.717, 1.165) is 0 Å². The standard InChI is InChI=1S/H2O6S2/c1-6-8(4,5)7(2)3/h1H,(H,4,5)/p-2. The summed E-state index contributed by atoms with van der Waals surface area (Å²) in [4.78, 5) is 0. The van der Waals surface area contributed by atoms with Crippen LogP contribution in [0, 0.1) is 0 Å². The summed E-state index contributed by atoms with van der Waals surface area (Å²) in [7, 11) is -8.36. The molecule has 6 nitrogen and oxygen atoms in total. The third-order valence-corrected chi connectivity index (χ3v) is 1.92. The Hall–Kier alpha value is -0.150. The Morgan fingerprint density at radius 2 is 1.88 bits per heavy atom. The molecule has 0 rings (SSSR count). The second-order valence-corrected chi connectivity index (χ2v) is 4.08. The molecular weight excluding hydrogens is 160 g/mol. The Bertz CT molecular complexity index is 251. The van der Waals surface area contributed by atoms with Crippen LogP contribution in [-0.2, 0) is 22.7 Å². The molecule has 0 N–H and O–H groups in total. The monoisotopic (exact) mass is 160 g/mol. The summed E-state index contributed by atoms with van der Waals surface area (Å²) in [6.07, 6.45) is 0. The normalized spacial score (nSPS) is 17.2. The fourth-order valence-electron chi connectivity index (χ4n) is 0.0227. The lowest BCUT2D eigenvalue weighted by Gasteiger charge is -2.11. The molecule has 0 aliphatic rings. The zero-order chi connectivity index (χ0) is 6.78. The van der Waals surface area contributed by atoms with Gasteiger partial charge < -0.3 is 14.1 Å². The third-order valence-electron chi connectivity index (χ3n) is 0.250. The summed E-state index contributed by atoms with van der Waals surface area (Å²) in [5.74, 6) is 0. The van der Waals surface area contributed by atoms with Crippen LogP contribution in [0.15, 0.2) is 0 Å². The molecule has 0 aromatic heterocycles. The topological polar surface area (TPSA) is 107 Å². The fourth-order valence-corrected chi connectivity index (χ4v) is 0.204. The van der Waals surface area contributed by atoms with Crippen molar-refractivity contribution in [1.29, 1.82) is 0 Å². The molecule has 8 heavy (non-hydrogen) atoms. The van der Waals surface area contributed by atoms with Gasteiger partial charge in [-0.05, 0) is 0 Å². The highest BCUT2D eigenvalue weighted by Crippen LogP contribution is 1.77. The second kappa shape index (κ2) is 2.42. The van der Waals surface area contributed by atoms with Crippen molar-refractivity contribution in [3.63, 3.8) is 0 Å². The molecule has 0 aromatic rings. The smallest absolute Gasteiger partial charge is 0.280 e. The quantitative estimate of drug-likeness (QED) is 0.307.